The number of benzene rings is 1. The smallest absolute Gasteiger partial charge is 0.338 e. The fourth-order valence-corrected chi connectivity index (χ4v) is 4.35. The molecule has 2 aliphatic heterocycles. The van der Waals surface area contributed by atoms with E-state index in [1.54, 1.807) is 32.0 Å². The molecule has 2 amide bonds. The summed E-state index contributed by atoms with van der Waals surface area (Å²) in [7, 11) is 3.06. The van der Waals surface area contributed by atoms with Gasteiger partial charge in [-0.3, -0.25) is 9.69 Å². The Morgan fingerprint density at radius 2 is 1.82 bits per heavy atom. The lowest BCUT2D eigenvalue weighted by atomic mass is 9.93. The molecule has 10 nitrogen and oxygen atoms in total. The van der Waals surface area contributed by atoms with Gasteiger partial charge in [-0.25, -0.2) is 9.59 Å². The molecule has 0 unspecified atom stereocenters. The number of nitrogens with one attached hydrogen (secondary N) is 2. The van der Waals surface area contributed by atoms with Crippen LogP contribution >= 0.6 is 0 Å². The van der Waals surface area contributed by atoms with Gasteiger partial charge in [0.2, 0.25) is 0 Å². The number of methoxy groups -OCH3 is 2. The van der Waals surface area contributed by atoms with Crippen LogP contribution in [0.4, 0.5) is 4.79 Å². The summed E-state index contributed by atoms with van der Waals surface area (Å²) in [5.74, 6) is 0.0325. The number of hydrogen-bond acceptors (Lipinski definition) is 8. The molecule has 2 heterocycles. The van der Waals surface area contributed by atoms with Crippen molar-refractivity contribution in [2.24, 2.45) is 5.92 Å². The van der Waals surface area contributed by atoms with E-state index in [9.17, 15) is 14.4 Å². The van der Waals surface area contributed by atoms with Crippen LogP contribution in [0.15, 0.2) is 29.5 Å². The molecule has 1 fully saturated rings. The van der Waals surface area contributed by atoms with E-state index in [1.807, 2.05) is 0 Å². The van der Waals surface area contributed by atoms with E-state index in [2.05, 4.69) is 15.5 Å². The predicted octanol–water partition coefficient (Wildman–Crippen LogP) is 2.15. The summed E-state index contributed by atoms with van der Waals surface area (Å²) in [5, 5.41) is 5.61. The molecule has 1 aromatic carbocycles. The van der Waals surface area contributed by atoms with Gasteiger partial charge in [-0.2, -0.15) is 0 Å². The Morgan fingerprint density at radius 1 is 1.09 bits per heavy atom. The zero-order valence-electron chi connectivity index (χ0n) is 20.1. The number of piperidine rings is 1. The summed E-state index contributed by atoms with van der Waals surface area (Å²) >= 11 is 0. The number of urea groups is 1. The summed E-state index contributed by atoms with van der Waals surface area (Å²) in [4.78, 5) is 40.0. The first-order valence-corrected chi connectivity index (χ1v) is 11.5. The highest BCUT2D eigenvalue weighted by atomic mass is 16.5. The number of esters is 2. The molecule has 2 aliphatic rings. The fraction of sp³-hybridized carbons (Fsp3) is 0.542. The summed E-state index contributed by atoms with van der Waals surface area (Å²) in [6, 6.07) is 4.05. The van der Waals surface area contributed by atoms with Gasteiger partial charge in [-0.15, -0.1) is 0 Å². The standard InChI is InChI=1S/C24H33N3O7/c1-5-33-22(28)16-8-7-11-27(13-16)14-17-20(23(29)34-6-2)21(26-24(30)25-17)15-9-10-18(31-3)19(12-15)32-4/h9-10,12,16,21H,5-8,11,13-14H2,1-4H3,(H2,25,26,30)/t16-,21+/m0/s1. The van der Waals surface area contributed by atoms with E-state index in [1.165, 1.54) is 14.2 Å². The molecule has 0 radical (unpaired) electrons. The van der Waals surface area contributed by atoms with Gasteiger partial charge in [-0.1, -0.05) is 6.07 Å². The number of likely N-dealkylation sites (tertiary alicyclic amines) is 1. The van der Waals surface area contributed by atoms with E-state index in [-0.39, 0.29) is 18.5 Å². The van der Waals surface area contributed by atoms with Crippen molar-refractivity contribution in [2.75, 3.05) is 47.1 Å². The number of amides is 2. The molecular weight excluding hydrogens is 442 g/mol. The third-order valence-electron chi connectivity index (χ3n) is 5.90. The third kappa shape index (κ3) is 5.80. The number of ether oxygens (including phenoxy) is 4. The topological polar surface area (TPSA) is 115 Å². The first-order valence-electron chi connectivity index (χ1n) is 11.5. The van der Waals surface area contributed by atoms with Crippen LogP contribution in [0.1, 0.15) is 38.3 Å². The van der Waals surface area contributed by atoms with Crippen LogP contribution in [0, 0.1) is 5.92 Å². The molecule has 186 valence electrons. The van der Waals surface area contributed by atoms with Crippen molar-refractivity contribution in [3.8, 4) is 11.5 Å². The SMILES string of the molecule is CCOC(=O)C1=C(CN2CCC[C@H](C(=O)OCC)C2)NC(=O)N[C@@H]1c1ccc(OC)c(OC)c1. The molecule has 0 saturated carbocycles. The Balaban J connectivity index is 1.95. The van der Waals surface area contributed by atoms with Gasteiger partial charge in [0.15, 0.2) is 11.5 Å². The van der Waals surface area contributed by atoms with Crippen LogP contribution in [0.2, 0.25) is 0 Å². The van der Waals surface area contributed by atoms with E-state index in [0.29, 0.717) is 48.0 Å². The van der Waals surface area contributed by atoms with E-state index in [4.69, 9.17) is 18.9 Å². The van der Waals surface area contributed by atoms with Crippen LogP contribution in [0.25, 0.3) is 0 Å². The normalized spacial score (nSPS) is 20.8. The average molecular weight is 476 g/mol. The molecule has 1 saturated heterocycles. The highest BCUT2D eigenvalue weighted by Crippen LogP contribution is 2.35. The van der Waals surface area contributed by atoms with Crippen molar-refractivity contribution in [1.82, 2.24) is 15.5 Å². The van der Waals surface area contributed by atoms with Gasteiger partial charge >= 0.3 is 18.0 Å². The van der Waals surface area contributed by atoms with Gasteiger partial charge in [0.25, 0.3) is 0 Å². The van der Waals surface area contributed by atoms with Crippen LogP contribution in [0.5, 0.6) is 11.5 Å². The summed E-state index contributed by atoms with van der Waals surface area (Å²) in [6.45, 7) is 5.56. The minimum atomic E-state index is -0.742. The Bertz CT molecular complexity index is 946. The van der Waals surface area contributed by atoms with E-state index < -0.39 is 18.0 Å². The maximum atomic E-state index is 13.1. The maximum Gasteiger partial charge on any atom is 0.338 e. The van der Waals surface area contributed by atoms with Gasteiger partial charge in [0, 0.05) is 18.8 Å². The Kier molecular flexibility index (Phi) is 8.75. The number of nitrogens with zero attached hydrogens (tertiary/aromatic N) is 1. The minimum Gasteiger partial charge on any atom is -0.493 e. The zero-order chi connectivity index (χ0) is 24.7. The highest BCUT2D eigenvalue weighted by molar-refractivity contribution is 5.95. The Hall–Kier alpha value is -3.27. The molecule has 3 rings (SSSR count). The monoisotopic (exact) mass is 475 g/mol. The molecule has 0 aromatic heterocycles. The predicted molar refractivity (Wildman–Crippen MR) is 123 cm³/mol. The molecule has 0 bridgehead atoms. The van der Waals surface area contributed by atoms with Crippen molar-refractivity contribution >= 4 is 18.0 Å². The largest absolute Gasteiger partial charge is 0.493 e. The number of hydrogen-bond donors (Lipinski definition) is 2. The summed E-state index contributed by atoms with van der Waals surface area (Å²) < 4.78 is 21.2. The summed E-state index contributed by atoms with van der Waals surface area (Å²) in [6.07, 6.45) is 1.57. The van der Waals surface area contributed by atoms with Gasteiger partial charge < -0.3 is 29.6 Å². The van der Waals surface area contributed by atoms with Crippen molar-refractivity contribution in [3.05, 3.63) is 35.0 Å². The fourth-order valence-electron chi connectivity index (χ4n) is 4.35. The first kappa shape index (κ1) is 25.4. The molecule has 34 heavy (non-hydrogen) atoms. The number of carbonyl (C=O) groups excluding carboxylic acids is 3. The zero-order valence-corrected chi connectivity index (χ0v) is 20.1. The maximum absolute atomic E-state index is 13.1. The molecule has 1 aromatic rings. The van der Waals surface area contributed by atoms with Crippen LogP contribution in [0.3, 0.4) is 0 Å². The highest BCUT2D eigenvalue weighted by Gasteiger charge is 2.36. The van der Waals surface area contributed by atoms with Crippen molar-refractivity contribution in [2.45, 2.75) is 32.7 Å². The number of rotatable bonds is 9. The lowest BCUT2D eigenvalue weighted by Gasteiger charge is -2.35. The second-order valence-corrected chi connectivity index (χ2v) is 8.08. The third-order valence-corrected chi connectivity index (χ3v) is 5.90. The molecular formula is C24H33N3O7. The number of carbonyl (C=O) groups is 3. The van der Waals surface area contributed by atoms with E-state index in [0.717, 1.165) is 19.4 Å². The van der Waals surface area contributed by atoms with Crippen LogP contribution in [-0.4, -0.2) is 69.9 Å². The molecule has 0 spiro atoms. The average Bonchev–Trinajstić information content (AvgIpc) is 2.83. The van der Waals surface area contributed by atoms with Crippen molar-refractivity contribution in [1.29, 1.82) is 0 Å². The first-order chi connectivity index (χ1) is 16.4. The lowest BCUT2D eigenvalue weighted by Crippen LogP contribution is -2.50. The van der Waals surface area contributed by atoms with Gasteiger partial charge in [0.1, 0.15) is 0 Å². The summed E-state index contributed by atoms with van der Waals surface area (Å²) in [5.41, 5.74) is 1.41. The van der Waals surface area contributed by atoms with Gasteiger partial charge in [-0.05, 0) is 50.9 Å². The van der Waals surface area contributed by atoms with Crippen LogP contribution < -0.4 is 20.1 Å². The van der Waals surface area contributed by atoms with Crippen LogP contribution in [-0.2, 0) is 19.1 Å². The quantitative estimate of drug-likeness (QED) is 0.522. The Morgan fingerprint density at radius 3 is 2.50 bits per heavy atom. The molecule has 0 aliphatic carbocycles. The minimum absolute atomic E-state index is 0.191. The van der Waals surface area contributed by atoms with E-state index >= 15 is 0 Å². The second kappa shape index (κ2) is 11.7. The Labute approximate surface area is 199 Å². The lowest BCUT2D eigenvalue weighted by molar-refractivity contribution is -0.150. The van der Waals surface area contributed by atoms with Gasteiger partial charge in [0.05, 0.1) is 45.0 Å². The molecule has 2 atom stereocenters. The molecule has 2 N–H and O–H groups in total. The second-order valence-electron chi connectivity index (χ2n) is 8.08. The van der Waals surface area contributed by atoms with Crippen molar-refractivity contribution in [3.63, 3.8) is 0 Å². The van der Waals surface area contributed by atoms with Crippen molar-refractivity contribution < 1.29 is 33.3 Å². The molecule has 10 heteroatoms.